The maximum atomic E-state index is 10.7. The molecule has 0 heterocycles. The summed E-state index contributed by atoms with van der Waals surface area (Å²) in [7, 11) is 0. The van der Waals surface area contributed by atoms with Gasteiger partial charge in [0.2, 0.25) is 6.04 Å². The lowest BCUT2D eigenvalue weighted by Gasteiger charge is -2.15. The number of nitro groups is 1. The molecule has 0 aliphatic heterocycles. The van der Waals surface area contributed by atoms with E-state index in [4.69, 9.17) is 0 Å². The average molecular weight is 207 g/mol. The number of rotatable bonds is 5. The van der Waals surface area contributed by atoms with E-state index in [0.29, 0.717) is 0 Å². The molecule has 15 heavy (non-hydrogen) atoms. The van der Waals surface area contributed by atoms with Crippen molar-refractivity contribution in [2.75, 3.05) is 0 Å². The lowest BCUT2D eigenvalue weighted by molar-refractivity contribution is -0.522. The van der Waals surface area contributed by atoms with E-state index in [2.05, 4.69) is 0 Å². The van der Waals surface area contributed by atoms with Crippen molar-refractivity contribution in [2.45, 2.75) is 25.3 Å². The van der Waals surface area contributed by atoms with Crippen molar-refractivity contribution in [2.24, 2.45) is 0 Å². The number of nitrogens with zero attached hydrogens (tertiary/aromatic N) is 1. The highest BCUT2D eigenvalue weighted by atomic mass is 16.6. The van der Waals surface area contributed by atoms with Crippen LogP contribution in [-0.4, -0.2) is 17.3 Å². The van der Waals surface area contributed by atoms with Crippen molar-refractivity contribution in [3.05, 3.63) is 46.0 Å². The minimum absolute atomic E-state index is 0.187. The van der Waals surface area contributed by atoms with Gasteiger partial charge in [0.05, 0.1) is 5.92 Å². The molecule has 1 rings (SSSR count). The van der Waals surface area contributed by atoms with E-state index in [0.717, 1.165) is 11.8 Å². The van der Waals surface area contributed by atoms with Crippen LogP contribution in [0.3, 0.4) is 0 Å². The van der Waals surface area contributed by atoms with Gasteiger partial charge >= 0.3 is 0 Å². The zero-order valence-corrected chi connectivity index (χ0v) is 8.50. The Labute approximate surface area is 88.1 Å². The second-order valence-corrected chi connectivity index (χ2v) is 3.45. The molecule has 0 aliphatic carbocycles. The third kappa shape index (κ3) is 2.87. The fourth-order valence-electron chi connectivity index (χ4n) is 1.56. The molecular weight excluding hydrogens is 194 g/mol. The van der Waals surface area contributed by atoms with Crippen LogP contribution < -0.4 is 0 Å². The molecule has 4 heteroatoms. The summed E-state index contributed by atoms with van der Waals surface area (Å²) in [6, 6.07) is 8.37. The molecule has 0 unspecified atom stereocenters. The molecule has 0 saturated heterocycles. The quantitative estimate of drug-likeness (QED) is 0.421. The Morgan fingerprint density at radius 3 is 2.47 bits per heavy atom. The van der Waals surface area contributed by atoms with Crippen LogP contribution >= 0.6 is 0 Å². The Hall–Kier alpha value is -1.71. The van der Waals surface area contributed by atoms with Gasteiger partial charge in [-0.3, -0.25) is 10.1 Å². The van der Waals surface area contributed by atoms with Crippen molar-refractivity contribution >= 4 is 6.29 Å². The van der Waals surface area contributed by atoms with Gasteiger partial charge in [0, 0.05) is 18.3 Å². The standard InChI is InChI=1S/C11H13NO3/c1-9(12(14)15)11(7-8-13)10-5-3-2-4-6-10/h2-6,8-9,11H,7H2,1H3/t9-,11-/m1/s1. The Kier molecular flexibility index (Phi) is 3.97. The molecule has 0 saturated carbocycles. The van der Waals surface area contributed by atoms with Crippen LogP contribution in [-0.2, 0) is 4.79 Å². The first kappa shape index (κ1) is 11.4. The smallest absolute Gasteiger partial charge is 0.217 e. The second kappa shape index (κ2) is 5.24. The van der Waals surface area contributed by atoms with Gasteiger partial charge in [-0.25, -0.2) is 0 Å². The largest absolute Gasteiger partial charge is 0.303 e. The molecular formula is C11H13NO3. The Morgan fingerprint density at radius 1 is 1.40 bits per heavy atom. The highest BCUT2D eigenvalue weighted by molar-refractivity contribution is 5.52. The maximum absolute atomic E-state index is 10.7. The highest BCUT2D eigenvalue weighted by Gasteiger charge is 2.27. The summed E-state index contributed by atoms with van der Waals surface area (Å²) in [6.07, 6.45) is 0.920. The number of aldehydes is 1. The summed E-state index contributed by atoms with van der Waals surface area (Å²) >= 11 is 0. The van der Waals surface area contributed by atoms with E-state index >= 15 is 0 Å². The topological polar surface area (TPSA) is 60.2 Å². The van der Waals surface area contributed by atoms with Crippen LogP contribution in [0.5, 0.6) is 0 Å². The van der Waals surface area contributed by atoms with E-state index in [1.165, 1.54) is 6.92 Å². The molecule has 1 aromatic rings. The van der Waals surface area contributed by atoms with Gasteiger partial charge in [0.25, 0.3) is 0 Å². The van der Waals surface area contributed by atoms with Crippen LogP contribution in [0, 0.1) is 10.1 Å². The van der Waals surface area contributed by atoms with Crippen molar-refractivity contribution in [1.82, 2.24) is 0 Å². The van der Waals surface area contributed by atoms with Crippen molar-refractivity contribution in [3.63, 3.8) is 0 Å². The summed E-state index contributed by atoms with van der Waals surface area (Å²) in [5, 5.41) is 10.7. The van der Waals surface area contributed by atoms with Gasteiger partial charge in [-0.1, -0.05) is 30.3 Å². The normalized spacial score (nSPS) is 14.2. The summed E-state index contributed by atoms with van der Waals surface area (Å²) in [5.74, 6) is -0.335. The van der Waals surface area contributed by atoms with Gasteiger partial charge in [-0.2, -0.15) is 0 Å². The van der Waals surface area contributed by atoms with E-state index in [1.54, 1.807) is 0 Å². The molecule has 0 fully saturated rings. The second-order valence-electron chi connectivity index (χ2n) is 3.45. The maximum Gasteiger partial charge on any atom is 0.217 e. The number of benzene rings is 1. The molecule has 0 N–H and O–H groups in total. The van der Waals surface area contributed by atoms with Crippen molar-refractivity contribution in [3.8, 4) is 0 Å². The zero-order valence-electron chi connectivity index (χ0n) is 8.50. The van der Waals surface area contributed by atoms with Crippen LogP contribution in [0.25, 0.3) is 0 Å². The molecule has 1 aromatic carbocycles. The summed E-state index contributed by atoms with van der Waals surface area (Å²) in [6.45, 7) is 1.53. The molecule has 0 amide bonds. The number of hydrogen-bond acceptors (Lipinski definition) is 3. The minimum atomic E-state index is -0.738. The highest BCUT2D eigenvalue weighted by Crippen LogP contribution is 2.23. The van der Waals surface area contributed by atoms with Crippen LogP contribution in [0.4, 0.5) is 0 Å². The van der Waals surface area contributed by atoms with Gasteiger partial charge < -0.3 is 4.79 Å². The fraction of sp³-hybridized carbons (Fsp3) is 0.364. The summed E-state index contributed by atoms with van der Waals surface area (Å²) < 4.78 is 0. The number of carbonyl (C=O) groups is 1. The Morgan fingerprint density at radius 2 is 2.00 bits per heavy atom. The summed E-state index contributed by atoms with van der Waals surface area (Å²) in [4.78, 5) is 20.8. The third-order valence-electron chi connectivity index (χ3n) is 2.49. The predicted molar refractivity (Wildman–Crippen MR) is 56.3 cm³/mol. The first-order valence-corrected chi connectivity index (χ1v) is 4.79. The summed E-state index contributed by atoms with van der Waals surface area (Å²) in [5.41, 5.74) is 0.841. The van der Waals surface area contributed by atoms with E-state index in [1.807, 2.05) is 30.3 Å². The molecule has 0 bridgehead atoms. The van der Waals surface area contributed by atoms with Crippen molar-refractivity contribution < 1.29 is 9.72 Å². The van der Waals surface area contributed by atoms with Crippen LogP contribution in [0.1, 0.15) is 24.8 Å². The van der Waals surface area contributed by atoms with Gasteiger partial charge in [0.1, 0.15) is 6.29 Å². The van der Waals surface area contributed by atoms with Gasteiger partial charge in [-0.05, 0) is 5.56 Å². The van der Waals surface area contributed by atoms with E-state index in [9.17, 15) is 14.9 Å². The van der Waals surface area contributed by atoms with Gasteiger partial charge in [-0.15, -0.1) is 0 Å². The molecule has 0 spiro atoms. The van der Waals surface area contributed by atoms with E-state index < -0.39 is 6.04 Å². The van der Waals surface area contributed by atoms with Crippen molar-refractivity contribution in [1.29, 1.82) is 0 Å². The number of hydrogen-bond donors (Lipinski definition) is 0. The molecule has 0 aromatic heterocycles. The molecule has 2 atom stereocenters. The number of carbonyl (C=O) groups excluding carboxylic acids is 1. The van der Waals surface area contributed by atoms with Crippen LogP contribution in [0.2, 0.25) is 0 Å². The van der Waals surface area contributed by atoms with E-state index in [-0.39, 0.29) is 17.3 Å². The first-order chi connectivity index (χ1) is 7.16. The predicted octanol–water partition coefficient (Wildman–Crippen LogP) is 2.02. The van der Waals surface area contributed by atoms with Gasteiger partial charge in [0.15, 0.2) is 0 Å². The molecule has 0 aliphatic rings. The lowest BCUT2D eigenvalue weighted by Crippen LogP contribution is -2.24. The molecule has 80 valence electrons. The third-order valence-corrected chi connectivity index (χ3v) is 2.49. The van der Waals surface area contributed by atoms with Crippen LogP contribution in [0.15, 0.2) is 30.3 Å². The zero-order chi connectivity index (χ0) is 11.3. The fourth-order valence-corrected chi connectivity index (χ4v) is 1.56. The minimum Gasteiger partial charge on any atom is -0.303 e. The lowest BCUT2D eigenvalue weighted by atomic mass is 9.90. The Bertz CT molecular complexity index is 337. The SMILES string of the molecule is C[C@H]([C@@H](CC=O)c1ccccc1)[N+](=O)[O-]. The monoisotopic (exact) mass is 207 g/mol. The molecule has 4 nitrogen and oxygen atoms in total. The Balaban J connectivity index is 2.92. The first-order valence-electron chi connectivity index (χ1n) is 4.79. The molecule has 0 radical (unpaired) electrons. The average Bonchev–Trinajstić information content (AvgIpc) is 2.26.